The molecule has 140 valence electrons. The first kappa shape index (κ1) is 19.9. The second-order valence-corrected chi connectivity index (χ2v) is 7.47. The first-order valence-corrected chi connectivity index (χ1v) is 9.93. The SMILES string of the molecule is C1CCC(NC2CCCCC2)CC1.N[C@@H](Cc1ccccc1)C(=O)O. The maximum Gasteiger partial charge on any atom is 0.320 e. The molecule has 2 aliphatic carbocycles. The van der Waals surface area contributed by atoms with Crippen molar-refractivity contribution >= 4 is 5.97 Å². The van der Waals surface area contributed by atoms with E-state index in [1.165, 1.54) is 64.2 Å². The molecule has 1 aromatic carbocycles. The van der Waals surface area contributed by atoms with Crippen LogP contribution in [0.4, 0.5) is 0 Å². The number of rotatable bonds is 5. The van der Waals surface area contributed by atoms with Crippen LogP contribution < -0.4 is 11.1 Å². The zero-order valence-corrected chi connectivity index (χ0v) is 15.3. The van der Waals surface area contributed by atoms with Crippen molar-refractivity contribution in [2.75, 3.05) is 0 Å². The van der Waals surface area contributed by atoms with Gasteiger partial charge >= 0.3 is 5.97 Å². The summed E-state index contributed by atoms with van der Waals surface area (Å²) >= 11 is 0. The van der Waals surface area contributed by atoms with Crippen molar-refractivity contribution in [2.24, 2.45) is 5.73 Å². The van der Waals surface area contributed by atoms with Crippen molar-refractivity contribution in [2.45, 2.75) is 88.8 Å². The van der Waals surface area contributed by atoms with Gasteiger partial charge in [-0.25, -0.2) is 0 Å². The molecule has 0 saturated heterocycles. The predicted octanol–water partition coefficient (Wildman–Crippen LogP) is 3.88. The Labute approximate surface area is 152 Å². The van der Waals surface area contributed by atoms with E-state index < -0.39 is 12.0 Å². The first-order chi connectivity index (χ1) is 12.1. The summed E-state index contributed by atoms with van der Waals surface area (Å²) in [5.41, 5.74) is 6.30. The molecule has 2 fully saturated rings. The van der Waals surface area contributed by atoms with Crippen LogP contribution in [0, 0.1) is 0 Å². The fourth-order valence-corrected chi connectivity index (χ4v) is 3.83. The second kappa shape index (κ2) is 11.3. The van der Waals surface area contributed by atoms with Gasteiger partial charge in [0.2, 0.25) is 0 Å². The van der Waals surface area contributed by atoms with Crippen LogP contribution in [-0.2, 0) is 11.2 Å². The van der Waals surface area contributed by atoms with E-state index in [0.29, 0.717) is 6.42 Å². The van der Waals surface area contributed by atoms with Crippen LogP contribution >= 0.6 is 0 Å². The highest BCUT2D eigenvalue weighted by molar-refractivity contribution is 5.73. The Balaban J connectivity index is 0.000000181. The van der Waals surface area contributed by atoms with Crippen molar-refractivity contribution < 1.29 is 9.90 Å². The molecule has 1 aromatic rings. The van der Waals surface area contributed by atoms with Gasteiger partial charge in [0.05, 0.1) is 0 Å². The van der Waals surface area contributed by atoms with Crippen molar-refractivity contribution in [3.05, 3.63) is 35.9 Å². The summed E-state index contributed by atoms with van der Waals surface area (Å²) in [4.78, 5) is 10.4. The summed E-state index contributed by atoms with van der Waals surface area (Å²) in [6.07, 6.45) is 14.9. The van der Waals surface area contributed by atoms with Crippen LogP contribution in [0.15, 0.2) is 30.3 Å². The molecule has 0 aliphatic heterocycles. The van der Waals surface area contributed by atoms with Gasteiger partial charge in [0.15, 0.2) is 0 Å². The number of carboxylic acid groups (broad SMARTS) is 1. The molecular weight excluding hydrogens is 312 g/mol. The number of carboxylic acids is 1. The average Bonchev–Trinajstić information content (AvgIpc) is 2.65. The predicted molar refractivity (Wildman–Crippen MR) is 103 cm³/mol. The Bertz CT molecular complexity index is 464. The quantitative estimate of drug-likeness (QED) is 0.756. The number of hydrogen-bond acceptors (Lipinski definition) is 3. The average molecular weight is 347 g/mol. The van der Waals surface area contributed by atoms with Crippen molar-refractivity contribution in [1.29, 1.82) is 0 Å². The molecule has 4 nitrogen and oxygen atoms in total. The molecule has 3 rings (SSSR count). The fourth-order valence-electron chi connectivity index (χ4n) is 3.83. The highest BCUT2D eigenvalue weighted by atomic mass is 16.4. The number of nitrogens with one attached hydrogen (secondary N) is 1. The zero-order valence-electron chi connectivity index (χ0n) is 15.3. The summed E-state index contributed by atoms with van der Waals surface area (Å²) < 4.78 is 0. The molecule has 0 spiro atoms. The van der Waals surface area contributed by atoms with Gasteiger partial charge in [0.25, 0.3) is 0 Å². The van der Waals surface area contributed by atoms with E-state index in [4.69, 9.17) is 10.8 Å². The van der Waals surface area contributed by atoms with E-state index in [0.717, 1.165) is 17.6 Å². The Morgan fingerprint density at radius 2 is 1.44 bits per heavy atom. The van der Waals surface area contributed by atoms with Crippen molar-refractivity contribution in [1.82, 2.24) is 5.32 Å². The van der Waals surface area contributed by atoms with E-state index in [-0.39, 0.29) is 0 Å². The maximum absolute atomic E-state index is 10.4. The molecule has 2 saturated carbocycles. The van der Waals surface area contributed by atoms with Crippen LogP contribution in [0.2, 0.25) is 0 Å². The molecule has 4 heteroatoms. The summed E-state index contributed by atoms with van der Waals surface area (Å²) in [5.74, 6) is -0.959. The third kappa shape index (κ3) is 8.02. The van der Waals surface area contributed by atoms with E-state index in [1.54, 1.807) is 0 Å². The molecule has 0 radical (unpaired) electrons. The first-order valence-electron chi connectivity index (χ1n) is 9.93. The molecule has 1 atom stereocenters. The normalized spacial score (nSPS) is 20.4. The Morgan fingerprint density at radius 3 is 1.88 bits per heavy atom. The van der Waals surface area contributed by atoms with E-state index >= 15 is 0 Å². The van der Waals surface area contributed by atoms with Gasteiger partial charge < -0.3 is 16.2 Å². The van der Waals surface area contributed by atoms with E-state index in [2.05, 4.69) is 5.32 Å². The Kier molecular flexibility index (Phi) is 8.98. The van der Waals surface area contributed by atoms with Crippen LogP contribution in [0.5, 0.6) is 0 Å². The number of hydrogen-bond donors (Lipinski definition) is 3. The molecule has 4 N–H and O–H groups in total. The van der Waals surface area contributed by atoms with Gasteiger partial charge in [-0.1, -0.05) is 68.9 Å². The summed E-state index contributed by atoms with van der Waals surface area (Å²) in [6.45, 7) is 0. The highest BCUT2D eigenvalue weighted by Gasteiger charge is 2.19. The van der Waals surface area contributed by atoms with Gasteiger partial charge in [0.1, 0.15) is 6.04 Å². The van der Waals surface area contributed by atoms with Gasteiger partial charge in [0, 0.05) is 12.1 Å². The molecule has 25 heavy (non-hydrogen) atoms. The minimum Gasteiger partial charge on any atom is -0.480 e. The van der Waals surface area contributed by atoms with Crippen molar-refractivity contribution in [3.8, 4) is 0 Å². The van der Waals surface area contributed by atoms with Gasteiger partial charge in [-0.2, -0.15) is 0 Å². The third-order valence-corrected chi connectivity index (χ3v) is 5.30. The highest BCUT2D eigenvalue weighted by Crippen LogP contribution is 2.22. The van der Waals surface area contributed by atoms with Crippen LogP contribution in [0.25, 0.3) is 0 Å². The fraction of sp³-hybridized carbons (Fsp3) is 0.667. The van der Waals surface area contributed by atoms with Crippen LogP contribution in [0.1, 0.15) is 69.8 Å². The zero-order chi connectivity index (χ0) is 17.9. The minimum absolute atomic E-state index is 0.385. The van der Waals surface area contributed by atoms with E-state index in [9.17, 15) is 4.79 Å². The van der Waals surface area contributed by atoms with Gasteiger partial charge in [-0.05, 0) is 37.7 Å². The summed E-state index contributed by atoms with van der Waals surface area (Å²) in [6, 6.07) is 10.3. The Hall–Kier alpha value is -1.39. The van der Waals surface area contributed by atoms with Gasteiger partial charge in [-0.3, -0.25) is 4.79 Å². The number of carbonyl (C=O) groups is 1. The molecule has 0 amide bonds. The molecular formula is C21H34N2O2. The minimum atomic E-state index is -0.959. The summed E-state index contributed by atoms with van der Waals surface area (Å²) in [7, 11) is 0. The smallest absolute Gasteiger partial charge is 0.320 e. The third-order valence-electron chi connectivity index (χ3n) is 5.30. The molecule has 0 bridgehead atoms. The largest absolute Gasteiger partial charge is 0.480 e. The molecule has 2 aliphatic rings. The number of nitrogens with two attached hydrogens (primary N) is 1. The van der Waals surface area contributed by atoms with Gasteiger partial charge in [-0.15, -0.1) is 0 Å². The molecule has 0 unspecified atom stereocenters. The lowest BCUT2D eigenvalue weighted by Crippen LogP contribution is -2.40. The van der Waals surface area contributed by atoms with Crippen molar-refractivity contribution in [3.63, 3.8) is 0 Å². The Morgan fingerprint density at radius 1 is 0.960 bits per heavy atom. The standard InChI is InChI=1S/C12H23N.C9H11NO2/c1-3-7-11(8-4-1)13-12-9-5-2-6-10-12;10-8(9(11)12)6-7-4-2-1-3-5-7/h11-13H,1-10H2;1-5,8H,6,10H2,(H,11,12)/t;8-/m.0/s1. The summed E-state index contributed by atoms with van der Waals surface area (Å²) in [5, 5.41) is 12.4. The topological polar surface area (TPSA) is 75.3 Å². The van der Waals surface area contributed by atoms with Crippen LogP contribution in [0.3, 0.4) is 0 Å². The lowest BCUT2D eigenvalue weighted by atomic mass is 9.91. The monoisotopic (exact) mass is 346 g/mol. The molecule has 0 heterocycles. The number of benzene rings is 1. The molecule has 0 aromatic heterocycles. The number of aliphatic carboxylic acids is 1. The lowest BCUT2D eigenvalue weighted by Gasteiger charge is -2.30. The van der Waals surface area contributed by atoms with Crippen LogP contribution in [-0.4, -0.2) is 29.2 Å². The maximum atomic E-state index is 10.4. The second-order valence-electron chi connectivity index (χ2n) is 7.47. The lowest BCUT2D eigenvalue weighted by molar-refractivity contribution is -0.138. The van der Waals surface area contributed by atoms with E-state index in [1.807, 2.05) is 30.3 Å².